The van der Waals surface area contributed by atoms with E-state index in [1.54, 1.807) is 4.52 Å². The minimum atomic E-state index is 0.0386. The number of carbonyl (C=O) groups is 1. The summed E-state index contributed by atoms with van der Waals surface area (Å²) in [6, 6.07) is 22.2. The molecule has 4 aromatic rings. The molecule has 0 saturated carbocycles. The number of fused-ring (bicyclic) bond motifs is 1. The Balaban J connectivity index is 1.25. The maximum Gasteiger partial charge on any atom is 0.223 e. The molecule has 1 N–H and O–H groups in total. The zero-order chi connectivity index (χ0) is 21.9. The summed E-state index contributed by atoms with van der Waals surface area (Å²) >= 11 is 0. The van der Waals surface area contributed by atoms with E-state index in [2.05, 4.69) is 39.5 Å². The van der Waals surface area contributed by atoms with Crippen molar-refractivity contribution in [1.82, 2.24) is 25.1 Å². The van der Waals surface area contributed by atoms with Crippen LogP contribution >= 0.6 is 0 Å². The monoisotopic (exact) mass is 426 g/mol. The number of hydrogen-bond acceptors (Lipinski definition) is 5. The quantitative estimate of drug-likeness (QED) is 0.527. The minimum absolute atomic E-state index is 0.0386. The highest BCUT2D eigenvalue weighted by molar-refractivity contribution is 5.79. The van der Waals surface area contributed by atoms with Crippen molar-refractivity contribution < 1.29 is 4.79 Å². The first-order valence-electron chi connectivity index (χ1n) is 11.0. The summed E-state index contributed by atoms with van der Waals surface area (Å²) in [4.78, 5) is 14.8. The third-order valence-corrected chi connectivity index (χ3v) is 6.06. The third kappa shape index (κ3) is 4.19. The Hall–Kier alpha value is -3.74. The molecule has 0 unspecified atom stereocenters. The predicted octanol–water partition coefficient (Wildman–Crippen LogP) is 3.63. The average Bonchev–Trinajstić information content (AvgIpc) is 3.27. The zero-order valence-corrected chi connectivity index (χ0v) is 18.1. The molecular weight excluding hydrogens is 400 g/mol. The van der Waals surface area contributed by atoms with E-state index < -0.39 is 0 Å². The van der Waals surface area contributed by atoms with Gasteiger partial charge in [-0.15, -0.1) is 15.3 Å². The fourth-order valence-electron chi connectivity index (χ4n) is 4.13. The molecular formula is C25H26N6O. The fourth-order valence-corrected chi connectivity index (χ4v) is 4.13. The van der Waals surface area contributed by atoms with Crippen molar-refractivity contribution in [1.29, 1.82) is 0 Å². The van der Waals surface area contributed by atoms with Crippen molar-refractivity contribution in [3.63, 3.8) is 0 Å². The maximum absolute atomic E-state index is 12.6. The predicted molar refractivity (Wildman–Crippen MR) is 124 cm³/mol. The highest BCUT2D eigenvalue weighted by Gasteiger charge is 2.26. The Bertz CT molecular complexity index is 1210. The topological polar surface area (TPSA) is 75.4 Å². The van der Waals surface area contributed by atoms with E-state index in [9.17, 15) is 4.79 Å². The second-order valence-corrected chi connectivity index (χ2v) is 8.32. The van der Waals surface area contributed by atoms with Crippen LogP contribution in [0.25, 0.3) is 17.0 Å². The van der Waals surface area contributed by atoms with Crippen LogP contribution in [0.1, 0.15) is 24.0 Å². The van der Waals surface area contributed by atoms with E-state index in [0.717, 1.165) is 54.3 Å². The molecule has 0 radical (unpaired) electrons. The number of hydrogen-bond donors (Lipinski definition) is 1. The molecule has 7 heteroatoms. The van der Waals surface area contributed by atoms with Gasteiger partial charge in [-0.25, -0.2) is 0 Å². The molecule has 32 heavy (non-hydrogen) atoms. The first-order valence-corrected chi connectivity index (χ1v) is 11.0. The number of benzene rings is 2. The van der Waals surface area contributed by atoms with Gasteiger partial charge in [-0.1, -0.05) is 60.2 Å². The van der Waals surface area contributed by atoms with Gasteiger partial charge in [0.05, 0.1) is 0 Å². The SMILES string of the molecule is Cc1ccc(-c2nnc3ccc(N4CCC(C(=O)NCc5ccccc5)CC4)nn23)cc1. The summed E-state index contributed by atoms with van der Waals surface area (Å²) < 4.78 is 1.80. The molecule has 1 fully saturated rings. The first kappa shape index (κ1) is 20.2. The number of rotatable bonds is 5. The van der Waals surface area contributed by atoms with E-state index in [1.807, 2.05) is 54.6 Å². The molecule has 3 heterocycles. The summed E-state index contributed by atoms with van der Waals surface area (Å²) in [5.74, 6) is 1.79. The number of nitrogens with one attached hydrogen (secondary N) is 1. The normalized spacial score (nSPS) is 14.6. The van der Waals surface area contributed by atoms with Gasteiger partial charge < -0.3 is 10.2 Å². The lowest BCUT2D eigenvalue weighted by Gasteiger charge is -2.32. The van der Waals surface area contributed by atoms with Crippen LogP contribution in [0.5, 0.6) is 0 Å². The van der Waals surface area contributed by atoms with Gasteiger partial charge in [0.1, 0.15) is 5.82 Å². The van der Waals surface area contributed by atoms with Crippen molar-refractivity contribution in [2.75, 3.05) is 18.0 Å². The summed E-state index contributed by atoms with van der Waals surface area (Å²) in [6.07, 6.45) is 1.63. The van der Waals surface area contributed by atoms with Crippen LogP contribution < -0.4 is 10.2 Å². The highest BCUT2D eigenvalue weighted by Crippen LogP contribution is 2.24. The molecule has 0 aliphatic carbocycles. The van der Waals surface area contributed by atoms with Gasteiger partial charge in [0.15, 0.2) is 11.5 Å². The maximum atomic E-state index is 12.6. The molecule has 2 aromatic carbocycles. The van der Waals surface area contributed by atoms with Gasteiger partial charge in [-0.3, -0.25) is 4.79 Å². The Labute approximate surface area is 187 Å². The number of amides is 1. The molecule has 2 aromatic heterocycles. The lowest BCUT2D eigenvalue weighted by molar-refractivity contribution is -0.125. The number of aromatic nitrogens is 4. The van der Waals surface area contributed by atoms with E-state index in [4.69, 9.17) is 5.10 Å². The van der Waals surface area contributed by atoms with Crippen LogP contribution in [0.4, 0.5) is 5.82 Å². The molecule has 1 aliphatic heterocycles. The smallest absolute Gasteiger partial charge is 0.223 e. The summed E-state index contributed by atoms with van der Waals surface area (Å²) in [5, 5.41) is 16.5. The van der Waals surface area contributed by atoms with E-state index in [1.165, 1.54) is 5.56 Å². The lowest BCUT2D eigenvalue weighted by atomic mass is 9.96. The fraction of sp³-hybridized carbons (Fsp3) is 0.280. The molecule has 1 aliphatic rings. The van der Waals surface area contributed by atoms with Crippen LogP contribution in [0.3, 0.4) is 0 Å². The van der Waals surface area contributed by atoms with Gasteiger partial charge in [-0.05, 0) is 37.5 Å². The van der Waals surface area contributed by atoms with Crippen molar-refractivity contribution in [3.05, 3.63) is 77.9 Å². The number of anilines is 1. The highest BCUT2D eigenvalue weighted by atomic mass is 16.1. The number of piperidine rings is 1. The Kier molecular flexibility index (Phi) is 5.54. The molecule has 162 valence electrons. The summed E-state index contributed by atoms with van der Waals surface area (Å²) in [7, 11) is 0. The van der Waals surface area contributed by atoms with Gasteiger partial charge >= 0.3 is 0 Å². The lowest BCUT2D eigenvalue weighted by Crippen LogP contribution is -2.40. The molecule has 7 nitrogen and oxygen atoms in total. The van der Waals surface area contributed by atoms with Crippen molar-refractivity contribution in [2.45, 2.75) is 26.3 Å². The van der Waals surface area contributed by atoms with Crippen LogP contribution in [0.2, 0.25) is 0 Å². The van der Waals surface area contributed by atoms with Crippen LogP contribution in [0, 0.1) is 12.8 Å². The summed E-state index contributed by atoms with van der Waals surface area (Å²) in [5.41, 5.74) is 4.03. The average molecular weight is 427 g/mol. The van der Waals surface area contributed by atoms with Gasteiger partial charge in [0, 0.05) is 31.1 Å². The molecule has 1 saturated heterocycles. The van der Waals surface area contributed by atoms with Crippen molar-refractivity contribution in [3.8, 4) is 11.4 Å². The van der Waals surface area contributed by atoms with Gasteiger partial charge in [0.25, 0.3) is 0 Å². The van der Waals surface area contributed by atoms with Crippen molar-refractivity contribution in [2.24, 2.45) is 5.92 Å². The van der Waals surface area contributed by atoms with Crippen LogP contribution in [-0.4, -0.2) is 38.8 Å². The van der Waals surface area contributed by atoms with Gasteiger partial charge in [0.2, 0.25) is 5.91 Å². The standard InChI is InChI=1S/C25H26N6O/c1-18-7-9-20(10-8-18)24-28-27-22-11-12-23(29-31(22)24)30-15-13-21(14-16-30)25(32)26-17-19-5-3-2-4-6-19/h2-12,21H,13-17H2,1H3,(H,26,32). The Morgan fingerprint density at radius 2 is 1.72 bits per heavy atom. The molecule has 0 atom stereocenters. The molecule has 5 rings (SSSR count). The van der Waals surface area contributed by atoms with E-state index in [-0.39, 0.29) is 11.8 Å². The first-order chi connectivity index (χ1) is 15.7. The van der Waals surface area contributed by atoms with Crippen molar-refractivity contribution >= 4 is 17.4 Å². The third-order valence-electron chi connectivity index (χ3n) is 6.06. The largest absolute Gasteiger partial charge is 0.355 e. The number of aryl methyl sites for hydroxylation is 1. The zero-order valence-electron chi connectivity index (χ0n) is 18.1. The Morgan fingerprint density at radius 1 is 0.969 bits per heavy atom. The molecule has 0 bridgehead atoms. The minimum Gasteiger partial charge on any atom is -0.355 e. The second-order valence-electron chi connectivity index (χ2n) is 8.32. The van der Waals surface area contributed by atoms with E-state index >= 15 is 0 Å². The molecule has 0 spiro atoms. The number of carbonyl (C=O) groups excluding carboxylic acids is 1. The number of nitrogens with zero attached hydrogens (tertiary/aromatic N) is 5. The van der Waals surface area contributed by atoms with Crippen LogP contribution in [-0.2, 0) is 11.3 Å². The molecule has 1 amide bonds. The summed E-state index contributed by atoms with van der Waals surface area (Å²) in [6.45, 7) is 4.23. The van der Waals surface area contributed by atoms with E-state index in [0.29, 0.717) is 6.54 Å². The van der Waals surface area contributed by atoms with Gasteiger partial charge in [-0.2, -0.15) is 4.52 Å². The van der Waals surface area contributed by atoms with Crippen LogP contribution in [0.15, 0.2) is 66.7 Å². The second kappa shape index (κ2) is 8.78. The Morgan fingerprint density at radius 3 is 2.47 bits per heavy atom.